The molecule has 0 bridgehead atoms. The molecule has 0 aliphatic rings. The number of nitrogens with one attached hydrogen (secondary N) is 1. The largest absolute Gasteiger partial charge is 0.368 e. The first-order valence-electron chi connectivity index (χ1n) is 1.78. The second kappa shape index (κ2) is 5.98. The highest BCUT2D eigenvalue weighted by molar-refractivity contribution is 8.59. The highest BCUT2D eigenvalue weighted by Crippen LogP contribution is 1.72. The molecule has 0 aromatic carbocycles. The van der Waals surface area contributed by atoms with Gasteiger partial charge in [0.05, 0.1) is 0 Å². The van der Waals surface area contributed by atoms with E-state index in [1.807, 2.05) is 24.5 Å². The van der Waals surface area contributed by atoms with Crippen LogP contribution in [0.1, 0.15) is 0 Å². The Morgan fingerprint density at radius 3 is 1.57 bits per heavy atom. The van der Waals surface area contributed by atoms with Crippen molar-refractivity contribution >= 4 is 23.3 Å². The molecule has 7 heavy (non-hydrogen) atoms. The van der Waals surface area contributed by atoms with E-state index in [1.54, 1.807) is 0 Å². The molecule has 1 aromatic rings. The molecule has 0 saturated carbocycles. The van der Waals surface area contributed by atoms with Gasteiger partial charge < -0.3 is 4.98 Å². The zero-order chi connectivity index (χ0) is 5.54. The van der Waals surface area contributed by atoms with E-state index >= 15 is 0 Å². The van der Waals surface area contributed by atoms with E-state index in [-0.39, 0.29) is 0 Å². The molecule has 0 aliphatic carbocycles. The van der Waals surface area contributed by atoms with Crippen LogP contribution in [0.3, 0.4) is 0 Å². The molecule has 1 heterocycles. The Morgan fingerprint density at radius 2 is 1.43 bits per heavy atom. The van der Waals surface area contributed by atoms with Crippen LogP contribution in [-0.4, -0.2) is 4.98 Å². The van der Waals surface area contributed by atoms with Crippen LogP contribution in [0.15, 0.2) is 24.5 Å². The minimum absolute atomic E-state index is 1.88. The number of hydrogen-bond donors (Lipinski definition) is 3. The third kappa shape index (κ3) is 3.82. The topological polar surface area (TPSA) is 15.8 Å². The molecule has 0 radical (unpaired) electrons. The fourth-order valence-electron chi connectivity index (χ4n) is 0.278. The molecule has 0 fully saturated rings. The summed E-state index contributed by atoms with van der Waals surface area (Å²) in [5.41, 5.74) is 0. The first-order valence-corrected chi connectivity index (χ1v) is 3.38. The van der Waals surface area contributed by atoms with Gasteiger partial charge in [0.2, 0.25) is 0 Å². The molecule has 0 amide bonds. The van der Waals surface area contributed by atoms with Crippen LogP contribution in [0.2, 0.25) is 0 Å². The van der Waals surface area contributed by atoms with E-state index in [0.717, 1.165) is 0 Å². The molecule has 0 unspecified atom stereocenters. The third-order valence-electron chi connectivity index (χ3n) is 0.496. The maximum atomic E-state index is 3.22. The van der Waals surface area contributed by atoms with Crippen molar-refractivity contribution in [3.63, 3.8) is 0 Å². The Balaban J connectivity index is 0.000000162. The van der Waals surface area contributed by atoms with Gasteiger partial charge in [-0.1, -0.05) is 0 Å². The summed E-state index contributed by atoms with van der Waals surface area (Å²) in [4.78, 5) is 2.86. The van der Waals surface area contributed by atoms with E-state index in [0.29, 0.717) is 0 Å². The van der Waals surface area contributed by atoms with Gasteiger partial charge in [0.1, 0.15) is 0 Å². The first kappa shape index (κ1) is 6.98. The average molecular weight is 133 g/mol. The SMILES string of the molecule is SS.c1cc[nH]c1. The highest BCUT2D eigenvalue weighted by Gasteiger charge is 1.55. The van der Waals surface area contributed by atoms with Crippen molar-refractivity contribution in [1.82, 2.24) is 4.98 Å². The second-order valence-corrected chi connectivity index (χ2v) is 0.885. The summed E-state index contributed by atoms with van der Waals surface area (Å²) in [6.45, 7) is 0. The van der Waals surface area contributed by atoms with E-state index in [2.05, 4.69) is 28.3 Å². The Hall–Kier alpha value is -0.0200. The van der Waals surface area contributed by atoms with Crippen LogP contribution in [0.25, 0.3) is 0 Å². The minimum Gasteiger partial charge on any atom is -0.368 e. The normalized spacial score (nSPS) is 6.57. The Morgan fingerprint density at radius 1 is 1.00 bits per heavy atom. The van der Waals surface area contributed by atoms with Crippen LogP contribution < -0.4 is 0 Å². The van der Waals surface area contributed by atoms with E-state index < -0.39 is 0 Å². The standard InChI is InChI=1S/C4H5N.H2S2/c1-2-4-5-3-1;1-2/h1-5H;1-2H. The van der Waals surface area contributed by atoms with E-state index in [9.17, 15) is 0 Å². The molecule has 0 atom stereocenters. The van der Waals surface area contributed by atoms with Crippen molar-refractivity contribution < 1.29 is 0 Å². The van der Waals surface area contributed by atoms with E-state index in [4.69, 9.17) is 0 Å². The van der Waals surface area contributed by atoms with Crippen molar-refractivity contribution in [2.24, 2.45) is 0 Å². The quantitative estimate of drug-likeness (QED) is 0.353. The Labute approximate surface area is 53.4 Å². The number of aromatic nitrogens is 1. The first-order chi connectivity index (χ1) is 3.50. The molecular weight excluding hydrogens is 126 g/mol. The van der Waals surface area contributed by atoms with Crippen LogP contribution in [0.5, 0.6) is 0 Å². The predicted octanol–water partition coefficient (Wildman–Crippen LogP) is 1.78. The van der Waals surface area contributed by atoms with Crippen molar-refractivity contribution in [2.45, 2.75) is 0 Å². The predicted molar refractivity (Wildman–Crippen MR) is 38.8 cm³/mol. The van der Waals surface area contributed by atoms with Gasteiger partial charge in [-0.15, -0.1) is 23.3 Å². The van der Waals surface area contributed by atoms with Crippen LogP contribution in [0.4, 0.5) is 0 Å². The van der Waals surface area contributed by atoms with Gasteiger partial charge in [-0.2, -0.15) is 0 Å². The van der Waals surface area contributed by atoms with Gasteiger partial charge >= 0.3 is 0 Å². The summed E-state index contributed by atoms with van der Waals surface area (Å²) in [6.07, 6.45) is 3.75. The maximum absolute atomic E-state index is 3.22. The average Bonchev–Trinajstić information content (AvgIpc) is 2.23. The smallest absolute Gasteiger partial charge is 0.000496 e. The Bertz CT molecular complexity index is 66.2. The lowest BCUT2D eigenvalue weighted by molar-refractivity contribution is 1.42. The molecule has 3 heteroatoms. The lowest BCUT2D eigenvalue weighted by Crippen LogP contribution is -1.38. The third-order valence-corrected chi connectivity index (χ3v) is 0.496. The van der Waals surface area contributed by atoms with Crippen LogP contribution in [0, 0.1) is 0 Å². The summed E-state index contributed by atoms with van der Waals surface area (Å²) in [5, 5.41) is 0. The molecule has 1 rings (SSSR count). The van der Waals surface area contributed by atoms with Crippen LogP contribution >= 0.6 is 23.3 Å². The molecule has 1 nitrogen and oxygen atoms in total. The summed E-state index contributed by atoms with van der Waals surface area (Å²) in [6, 6.07) is 3.89. The lowest BCUT2D eigenvalue weighted by Gasteiger charge is -1.49. The number of hydrogen-bond acceptors (Lipinski definition) is 2. The fraction of sp³-hybridized carbons (Fsp3) is 0. The van der Waals surface area contributed by atoms with Crippen molar-refractivity contribution in [1.29, 1.82) is 0 Å². The molecule has 0 spiro atoms. The van der Waals surface area contributed by atoms with Gasteiger partial charge in [-0.25, -0.2) is 0 Å². The van der Waals surface area contributed by atoms with Gasteiger partial charge in [0, 0.05) is 12.4 Å². The Kier molecular flexibility index (Phi) is 5.96. The molecule has 1 aromatic heterocycles. The highest BCUT2D eigenvalue weighted by atomic mass is 33.1. The van der Waals surface area contributed by atoms with Crippen molar-refractivity contribution in [3.8, 4) is 0 Å². The lowest BCUT2D eigenvalue weighted by atomic mass is 10.7. The fourth-order valence-corrected chi connectivity index (χ4v) is 0.278. The van der Waals surface area contributed by atoms with Crippen molar-refractivity contribution in [3.05, 3.63) is 24.5 Å². The molecule has 0 aliphatic heterocycles. The molecule has 40 valence electrons. The maximum Gasteiger partial charge on any atom is 0.000496 e. The second-order valence-electron chi connectivity index (χ2n) is 0.885. The van der Waals surface area contributed by atoms with Gasteiger partial charge in [0.25, 0.3) is 0 Å². The zero-order valence-electron chi connectivity index (χ0n) is 3.70. The van der Waals surface area contributed by atoms with Gasteiger partial charge in [0.15, 0.2) is 0 Å². The number of rotatable bonds is 0. The summed E-state index contributed by atoms with van der Waals surface area (Å²) >= 11 is 6.44. The zero-order valence-corrected chi connectivity index (χ0v) is 5.49. The summed E-state index contributed by atoms with van der Waals surface area (Å²) in [5.74, 6) is 0. The van der Waals surface area contributed by atoms with Crippen molar-refractivity contribution in [2.75, 3.05) is 0 Å². The van der Waals surface area contributed by atoms with Gasteiger partial charge in [-0.05, 0) is 12.1 Å². The number of H-pyrrole nitrogens is 1. The molecule has 0 saturated heterocycles. The summed E-state index contributed by atoms with van der Waals surface area (Å²) < 4.78 is 0. The molecular formula is C4H7NS2. The monoisotopic (exact) mass is 133 g/mol. The van der Waals surface area contributed by atoms with E-state index in [1.165, 1.54) is 0 Å². The number of aromatic amines is 1. The molecule has 1 N–H and O–H groups in total. The minimum atomic E-state index is 1.88. The summed E-state index contributed by atoms with van der Waals surface area (Å²) in [7, 11) is 0. The van der Waals surface area contributed by atoms with Gasteiger partial charge in [-0.3, -0.25) is 0 Å². The van der Waals surface area contributed by atoms with Crippen LogP contribution in [-0.2, 0) is 0 Å². The number of thiol groups is 2.